The number of nitrogens with zero attached hydrogens (tertiary/aromatic N) is 2. The first-order chi connectivity index (χ1) is 7.34. The molecule has 78 valence electrons. The molecule has 0 spiro atoms. The summed E-state index contributed by atoms with van der Waals surface area (Å²) in [6.07, 6.45) is 1.51. The highest BCUT2D eigenvalue weighted by molar-refractivity contribution is 5.21. The third-order valence-corrected chi connectivity index (χ3v) is 1.84. The lowest BCUT2D eigenvalue weighted by atomic mass is 10.3. The zero-order valence-corrected chi connectivity index (χ0v) is 8.09. The van der Waals surface area contributed by atoms with E-state index in [0.29, 0.717) is 13.2 Å². The van der Waals surface area contributed by atoms with Crippen LogP contribution in [-0.2, 0) is 6.54 Å². The van der Waals surface area contributed by atoms with E-state index in [9.17, 15) is 0 Å². The van der Waals surface area contributed by atoms with Crippen molar-refractivity contribution in [3.63, 3.8) is 0 Å². The maximum Gasteiger partial charge on any atom is 0.222 e. The molecule has 0 fully saturated rings. The summed E-state index contributed by atoms with van der Waals surface area (Å²) in [5.41, 5.74) is 7.12. The second-order valence-corrected chi connectivity index (χ2v) is 2.99. The van der Waals surface area contributed by atoms with Gasteiger partial charge in [0, 0.05) is 0 Å². The van der Waals surface area contributed by atoms with Gasteiger partial charge < -0.3 is 15.0 Å². The van der Waals surface area contributed by atoms with Crippen LogP contribution >= 0.6 is 0 Å². The minimum Gasteiger partial charge on any atom is -0.660 e. The van der Waals surface area contributed by atoms with E-state index in [1.807, 2.05) is 30.3 Å². The van der Waals surface area contributed by atoms with Crippen LogP contribution in [-0.4, -0.2) is 11.9 Å². The van der Waals surface area contributed by atoms with Crippen LogP contribution in [0.1, 0.15) is 0 Å². The Labute approximate surface area is 87.0 Å². The molecule has 5 nitrogen and oxygen atoms in total. The predicted molar refractivity (Wildman–Crippen MR) is 52.6 cm³/mol. The Morgan fingerprint density at radius 2 is 2.13 bits per heavy atom. The van der Waals surface area contributed by atoms with Gasteiger partial charge in [-0.2, -0.15) is 0 Å². The first-order valence-electron chi connectivity index (χ1n) is 4.60. The van der Waals surface area contributed by atoms with Crippen LogP contribution in [0.25, 0.3) is 5.73 Å². The van der Waals surface area contributed by atoms with Gasteiger partial charge in [0.2, 0.25) is 12.7 Å². The van der Waals surface area contributed by atoms with E-state index < -0.39 is 0 Å². The fourth-order valence-electron chi connectivity index (χ4n) is 1.16. The van der Waals surface area contributed by atoms with Crippen LogP contribution in [0.5, 0.6) is 5.75 Å². The van der Waals surface area contributed by atoms with Crippen molar-refractivity contribution in [3.05, 3.63) is 42.3 Å². The Hall–Kier alpha value is -2.04. The van der Waals surface area contributed by atoms with Gasteiger partial charge in [-0.1, -0.05) is 22.9 Å². The lowest BCUT2D eigenvalue weighted by Gasteiger charge is -2.00. The average molecular weight is 205 g/mol. The molecule has 0 aliphatic rings. The van der Waals surface area contributed by atoms with Crippen LogP contribution in [0.3, 0.4) is 0 Å². The van der Waals surface area contributed by atoms with Crippen molar-refractivity contribution in [1.29, 1.82) is 0 Å². The lowest BCUT2D eigenvalue weighted by molar-refractivity contribution is -0.762. The Kier molecular flexibility index (Phi) is 2.82. The fraction of sp³-hybridized carbons (Fsp3) is 0.200. The summed E-state index contributed by atoms with van der Waals surface area (Å²) in [5, 5.41) is 3.62. The summed E-state index contributed by atoms with van der Waals surface area (Å²) in [7, 11) is 0. The van der Waals surface area contributed by atoms with Crippen molar-refractivity contribution in [2.75, 3.05) is 6.61 Å². The molecule has 0 bridgehead atoms. The second-order valence-electron chi connectivity index (χ2n) is 2.99. The van der Waals surface area contributed by atoms with Crippen LogP contribution in [0.4, 0.5) is 5.88 Å². The molecule has 0 atom stereocenters. The number of hydrogen-bond donors (Lipinski definition) is 0. The highest BCUT2D eigenvalue weighted by atomic mass is 16.5. The molecular weight excluding hydrogens is 194 g/mol. The number of rotatable bonds is 4. The van der Waals surface area contributed by atoms with Crippen LogP contribution in [0, 0.1) is 0 Å². The number of nitrogens with one attached hydrogen (secondary N) is 1. The van der Waals surface area contributed by atoms with E-state index in [0.717, 1.165) is 5.75 Å². The number of benzene rings is 1. The van der Waals surface area contributed by atoms with E-state index in [1.54, 1.807) is 0 Å². The summed E-state index contributed by atoms with van der Waals surface area (Å²) < 4.78 is 11.6. The SMILES string of the molecule is [NH-]c1c[n+](CCOc2ccccc2)no1. The summed E-state index contributed by atoms with van der Waals surface area (Å²) in [5.74, 6) is 0.877. The number of aromatic nitrogens is 2. The van der Waals surface area contributed by atoms with Gasteiger partial charge in [-0.15, -0.1) is 0 Å². The van der Waals surface area contributed by atoms with E-state index in [2.05, 4.69) is 9.79 Å². The van der Waals surface area contributed by atoms with E-state index in [4.69, 9.17) is 10.5 Å². The molecule has 0 saturated carbocycles. The molecule has 15 heavy (non-hydrogen) atoms. The molecule has 0 radical (unpaired) electrons. The number of para-hydroxylation sites is 1. The molecule has 1 aromatic heterocycles. The average Bonchev–Trinajstić information content (AvgIpc) is 2.66. The van der Waals surface area contributed by atoms with Gasteiger partial charge in [-0.3, -0.25) is 0 Å². The fourth-order valence-corrected chi connectivity index (χ4v) is 1.16. The minimum absolute atomic E-state index is 0.0507. The first-order valence-corrected chi connectivity index (χ1v) is 4.60. The molecular formula is C10H11N3O2. The Balaban J connectivity index is 1.80. The zero-order chi connectivity index (χ0) is 10.5. The Morgan fingerprint density at radius 3 is 2.80 bits per heavy atom. The van der Waals surface area contributed by atoms with Gasteiger partial charge >= 0.3 is 0 Å². The third-order valence-electron chi connectivity index (χ3n) is 1.84. The van der Waals surface area contributed by atoms with Gasteiger partial charge in [0.15, 0.2) is 5.27 Å². The zero-order valence-electron chi connectivity index (χ0n) is 8.09. The first kappa shape index (κ1) is 9.51. The van der Waals surface area contributed by atoms with Crippen LogP contribution in [0.15, 0.2) is 41.1 Å². The third kappa shape index (κ3) is 2.70. The smallest absolute Gasteiger partial charge is 0.222 e. The molecule has 1 heterocycles. The van der Waals surface area contributed by atoms with E-state index in [-0.39, 0.29) is 5.88 Å². The van der Waals surface area contributed by atoms with Crippen molar-refractivity contribution >= 4 is 5.88 Å². The van der Waals surface area contributed by atoms with Crippen LogP contribution in [0.2, 0.25) is 0 Å². The monoisotopic (exact) mass is 205 g/mol. The molecule has 5 heteroatoms. The van der Waals surface area contributed by atoms with E-state index >= 15 is 0 Å². The highest BCUT2D eigenvalue weighted by Crippen LogP contribution is 2.07. The Morgan fingerprint density at radius 1 is 1.33 bits per heavy atom. The summed E-state index contributed by atoms with van der Waals surface area (Å²) in [6.45, 7) is 1.07. The molecule has 0 aliphatic carbocycles. The molecule has 0 unspecified atom stereocenters. The molecule has 1 aromatic carbocycles. The quantitative estimate of drug-likeness (QED) is 0.714. The maximum absolute atomic E-state index is 7.12. The molecule has 0 saturated heterocycles. The Bertz CT molecular complexity index is 414. The molecule has 2 rings (SSSR count). The summed E-state index contributed by atoms with van der Waals surface area (Å²) >= 11 is 0. The van der Waals surface area contributed by atoms with Gasteiger partial charge in [0.1, 0.15) is 18.2 Å². The summed E-state index contributed by atoms with van der Waals surface area (Å²) in [6, 6.07) is 9.55. The van der Waals surface area contributed by atoms with Gasteiger partial charge in [0.25, 0.3) is 0 Å². The van der Waals surface area contributed by atoms with Crippen molar-refractivity contribution in [2.24, 2.45) is 0 Å². The molecule has 0 aliphatic heterocycles. The molecule has 1 N–H and O–H groups in total. The predicted octanol–water partition coefficient (Wildman–Crippen LogP) is 1.72. The highest BCUT2D eigenvalue weighted by Gasteiger charge is 2.04. The molecule has 0 amide bonds. The second kappa shape index (κ2) is 4.45. The summed E-state index contributed by atoms with van der Waals surface area (Å²) in [4.78, 5) is 0. The van der Waals surface area contributed by atoms with Gasteiger partial charge in [0.05, 0.1) is 0 Å². The van der Waals surface area contributed by atoms with Gasteiger partial charge in [-0.25, -0.2) is 0 Å². The van der Waals surface area contributed by atoms with Crippen molar-refractivity contribution in [3.8, 4) is 5.75 Å². The van der Waals surface area contributed by atoms with Gasteiger partial charge in [-0.05, 0) is 12.1 Å². The van der Waals surface area contributed by atoms with Crippen molar-refractivity contribution in [2.45, 2.75) is 6.54 Å². The van der Waals surface area contributed by atoms with E-state index in [1.165, 1.54) is 10.9 Å². The normalized spacial score (nSPS) is 10.1. The maximum atomic E-state index is 7.12. The topological polar surface area (TPSA) is 62.9 Å². The number of hydrogen-bond acceptors (Lipinski definition) is 3. The minimum atomic E-state index is 0.0507. The lowest BCUT2D eigenvalue weighted by Crippen LogP contribution is -2.37. The standard InChI is InChI=1S/C10H11N3O2/c11-10-8-13(12-15-10)6-7-14-9-4-2-1-3-5-9/h1-5,8,11H,6-7H2. The molecule has 2 aromatic rings. The van der Waals surface area contributed by atoms with Crippen molar-refractivity contribution < 1.29 is 13.9 Å². The largest absolute Gasteiger partial charge is 0.660 e. The number of ether oxygens (including phenoxy) is 1. The van der Waals surface area contributed by atoms with Crippen molar-refractivity contribution in [1.82, 2.24) is 5.27 Å². The van der Waals surface area contributed by atoms with Crippen LogP contribution < -0.4 is 9.42 Å².